The minimum absolute atomic E-state index is 0.0617. The lowest BCUT2D eigenvalue weighted by atomic mass is 9.68. The smallest absolute Gasteiger partial charge is 0.233 e. The third-order valence-corrected chi connectivity index (χ3v) is 10.0. The van der Waals surface area contributed by atoms with Crippen molar-refractivity contribution in [3.63, 3.8) is 0 Å². The Kier molecular flexibility index (Phi) is 6.50. The summed E-state index contributed by atoms with van der Waals surface area (Å²) in [6.07, 6.45) is 6.61. The second-order valence-electron chi connectivity index (χ2n) is 13.0. The highest BCUT2D eigenvalue weighted by molar-refractivity contribution is 5.87. The van der Waals surface area contributed by atoms with Gasteiger partial charge in [0.1, 0.15) is 17.3 Å². The molecule has 0 saturated heterocycles. The van der Waals surface area contributed by atoms with E-state index in [1.54, 1.807) is 6.07 Å². The first kappa shape index (κ1) is 26.9. The van der Waals surface area contributed by atoms with Gasteiger partial charge in [-0.25, -0.2) is 22.6 Å². The lowest BCUT2D eigenvalue weighted by molar-refractivity contribution is -0.590. The molecule has 1 heterocycles. The summed E-state index contributed by atoms with van der Waals surface area (Å²) in [7, 11) is 0. The van der Waals surface area contributed by atoms with E-state index in [1.807, 2.05) is 6.07 Å². The second-order valence-corrected chi connectivity index (χ2v) is 13.0. The topological polar surface area (TPSA) is 61.8 Å². The minimum atomic E-state index is -0.775. The Bertz CT molecular complexity index is 1510. The molecule has 6 rings (SSSR count). The number of carbonyl (C=O) groups is 1. The standard InChI is InChI=1S/C32H36F3N4O/c1-31(2)21-13-14-32(3,18-21)30(31)38(36)29(40)27-24-10-5-4-8-20(15-19-7-6-9-22(33)16-19)28(24)39(37-27)26-12-11-23(34)17-25(26)35/h6-7,9,11-12,16-17,20-21,30,36H,4-5,8,10,13-15,18H2,1-3H3/q+1/t20?,21?,30-,32?/m1/s1. The van der Waals surface area contributed by atoms with Crippen molar-refractivity contribution in [2.45, 2.75) is 84.1 Å². The number of fused-ring (bicyclic) bond motifs is 3. The lowest BCUT2D eigenvalue weighted by Gasteiger charge is -2.36. The van der Waals surface area contributed by atoms with Crippen LogP contribution in [-0.4, -0.2) is 26.4 Å². The molecule has 4 atom stereocenters. The van der Waals surface area contributed by atoms with Crippen LogP contribution in [0.2, 0.25) is 0 Å². The molecule has 40 heavy (non-hydrogen) atoms. The van der Waals surface area contributed by atoms with Crippen LogP contribution >= 0.6 is 0 Å². The Morgan fingerprint density at radius 2 is 1.85 bits per heavy atom. The number of carbonyl (C=O) groups excluding carboxylic acids is 1. The molecule has 0 radical (unpaired) electrons. The molecule has 0 aliphatic heterocycles. The molecule has 1 amide bonds. The number of nitrogens with one attached hydrogen (secondary N) is 1. The van der Waals surface area contributed by atoms with Gasteiger partial charge in [-0.1, -0.05) is 44.9 Å². The summed E-state index contributed by atoms with van der Waals surface area (Å²) in [5, 5.41) is 4.70. The van der Waals surface area contributed by atoms with E-state index in [0.29, 0.717) is 24.5 Å². The van der Waals surface area contributed by atoms with Crippen LogP contribution in [0.1, 0.15) is 92.5 Å². The van der Waals surface area contributed by atoms with Gasteiger partial charge in [0.2, 0.25) is 5.69 Å². The van der Waals surface area contributed by atoms with Gasteiger partial charge in [-0.15, -0.1) is 0 Å². The zero-order valence-electron chi connectivity index (χ0n) is 23.3. The fourth-order valence-corrected chi connectivity index (χ4v) is 8.27. The average Bonchev–Trinajstić information content (AvgIpc) is 3.47. The van der Waals surface area contributed by atoms with Crippen molar-refractivity contribution in [3.05, 3.63) is 82.4 Å². The molecule has 210 valence electrons. The summed E-state index contributed by atoms with van der Waals surface area (Å²) >= 11 is 0. The van der Waals surface area contributed by atoms with Crippen molar-refractivity contribution in [1.29, 1.82) is 5.53 Å². The van der Waals surface area contributed by atoms with E-state index in [0.717, 1.165) is 60.4 Å². The molecule has 0 spiro atoms. The summed E-state index contributed by atoms with van der Waals surface area (Å²) < 4.78 is 45.7. The minimum Gasteiger partial charge on any atom is -0.233 e. The molecule has 8 heteroatoms. The zero-order chi connectivity index (χ0) is 28.4. The van der Waals surface area contributed by atoms with Crippen molar-refractivity contribution in [1.82, 2.24) is 9.78 Å². The van der Waals surface area contributed by atoms with Crippen molar-refractivity contribution >= 4 is 5.91 Å². The molecule has 2 bridgehead atoms. The van der Waals surface area contributed by atoms with Crippen molar-refractivity contribution in [3.8, 4) is 5.69 Å². The molecular weight excluding hydrogens is 513 g/mol. The maximum Gasteiger partial charge on any atom is 0.464 e. The average molecular weight is 550 g/mol. The van der Waals surface area contributed by atoms with E-state index in [1.165, 1.54) is 28.9 Å². The Morgan fingerprint density at radius 1 is 1.07 bits per heavy atom. The first-order valence-electron chi connectivity index (χ1n) is 14.4. The molecular formula is C32H36F3N4O+. The molecule has 3 aliphatic rings. The monoisotopic (exact) mass is 549 g/mol. The van der Waals surface area contributed by atoms with Crippen LogP contribution in [0.15, 0.2) is 42.5 Å². The predicted molar refractivity (Wildman–Crippen MR) is 144 cm³/mol. The third kappa shape index (κ3) is 4.31. The van der Waals surface area contributed by atoms with Gasteiger partial charge in [0.05, 0.1) is 5.69 Å². The Labute approximate surface area is 232 Å². The van der Waals surface area contributed by atoms with Gasteiger partial charge in [-0.2, -0.15) is 5.10 Å². The van der Waals surface area contributed by atoms with Crippen LogP contribution in [0.4, 0.5) is 13.2 Å². The van der Waals surface area contributed by atoms with Crippen LogP contribution in [-0.2, 0) is 12.8 Å². The van der Waals surface area contributed by atoms with Crippen LogP contribution in [0.5, 0.6) is 0 Å². The number of nitrogens with zero attached hydrogens (tertiary/aromatic N) is 3. The third-order valence-electron chi connectivity index (χ3n) is 10.0. The summed E-state index contributed by atoms with van der Waals surface area (Å²) in [6, 6.07) is 9.52. The molecule has 3 unspecified atom stereocenters. The van der Waals surface area contributed by atoms with Gasteiger partial charge in [-0.3, -0.25) is 0 Å². The molecule has 2 aromatic carbocycles. The zero-order valence-corrected chi connectivity index (χ0v) is 23.3. The lowest BCUT2D eigenvalue weighted by Crippen LogP contribution is -2.49. The molecule has 3 aliphatic carbocycles. The number of hydrogen-bond acceptors (Lipinski definition) is 3. The Balaban J connectivity index is 1.47. The van der Waals surface area contributed by atoms with Gasteiger partial charge >= 0.3 is 5.91 Å². The highest BCUT2D eigenvalue weighted by Gasteiger charge is 2.67. The maximum atomic E-state index is 15.2. The van der Waals surface area contributed by atoms with E-state index in [4.69, 9.17) is 10.6 Å². The fourth-order valence-electron chi connectivity index (χ4n) is 8.27. The summed E-state index contributed by atoms with van der Waals surface area (Å²) in [5.74, 6) is -1.98. The van der Waals surface area contributed by atoms with Gasteiger partial charge in [0, 0.05) is 28.4 Å². The van der Waals surface area contributed by atoms with Crippen LogP contribution in [0.3, 0.4) is 0 Å². The predicted octanol–water partition coefficient (Wildman–Crippen LogP) is 7.74. The Hall–Kier alpha value is -3.29. The van der Waals surface area contributed by atoms with E-state index in [2.05, 4.69) is 20.8 Å². The SMILES string of the molecule is CC12CCC(C1)C(C)(C)[C@H]2[N+](=N)C(=O)c1nn(-c2ccc(F)cc2F)c2c1CCCCC2Cc1cccc(F)c1. The van der Waals surface area contributed by atoms with E-state index in [-0.39, 0.29) is 40.0 Å². The quantitative estimate of drug-likeness (QED) is 0.201. The fraction of sp³-hybridized carbons (Fsp3) is 0.500. The number of amides is 1. The molecule has 5 nitrogen and oxygen atoms in total. The van der Waals surface area contributed by atoms with E-state index >= 15 is 4.39 Å². The van der Waals surface area contributed by atoms with Crippen LogP contribution in [0, 0.1) is 39.7 Å². The second kappa shape index (κ2) is 9.67. The number of halogens is 3. The van der Waals surface area contributed by atoms with Crippen LogP contribution in [0.25, 0.3) is 5.69 Å². The first-order chi connectivity index (χ1) is 19.0. The molecule has 3 aromatic rings. The van der Waals surface area contributed by atoms with E-state index in [9.17, 15) is 13.6 Å². The van der Waals surface area contributed by atoms with Crippen LogP contribution < -0.4 is 0 Å². The maximum absolute atomic E-state index is 15.2. The molecule has 2 saturated carbocycles. The van der Waals surface area contributed by atoms with Crippen molar-refractivity contribution in [2.24, 2.45) is 16.7 Å². The molecule has 1 aromatic heterocycles. The largest absolute Gasteiger partial charge is 0.464 e. The molecule has 1 N–H and O–H groups in total. The first-order valence-corrected chi connectivity index (χ1v) is 14.4. The highest BCUT2D eigenvalue weighted by Crippen LogP contribution is 2.63. The van der Waals surface area contributed by atoms with Gasteiger partial charge in [-0.05, 0) is 85.4 Å². The van der Waals surface area contributed by atoms with Crippen molar-refractivity contribution < 1.29 is 22.7 Å². The van der Waals surface area contributed by atoms with Gasteiger partial charge in [0.25, 0.3) is 0 Å². The van der Waals surface area contributed by atoms with Crippen molar-refractivity contribution in [2.75, 3.05) is 0 Å². The summed E-state index contributed by atoms with van der Waals surface area (Å²) in [6.45, 7) is 6.50. The molecule has 2 fully saturated rings. The van der Waals surface area contributed by atoms with Gasteiger partial charge < -0.3 is 0 Å². The summed E-state index contributed by atoms with van der Waals surface area (Å²) in [4.78, 5) is 14.2. The number of benzene rings is 2. The highest BCUT2D eigenvalue weighted by atomic mass is 19.1. The van der Waals surface area contributed by atoms with E-state index < -0.39 is 17.5 Å². The van der Waals surface area contributed by atoms with Gasteiger partial charge in [0.15, 0.2) is 11.9 Å². The summed E-state index contributed by atoms with van der Waals surface area (Å²) in [5.41, 5.74) is 11.2. The number of aromatic nitrogens is 2. The number of rotatable bonds is 5. The number of hydrogen-bond donors (Lipinski definition) is 1. The normalized spacial score (nSPS) is 26.9. The Morgan fingerprint density at radius 3 is 2.55 bits per heavy atom.